The van der Waals surface area contributed by atoms with Gasteiger partial charge in [0.2, 0.25) is 0 Å². The second-order valence-electron chi connectivity index (χ2n) is 7.91. The first-order valence-corrected chi connectivity index (χ1v) is 11.2. The van der Waals surface area contributed by atoms with Gasteiger partial charge in [-0.1, -0.05) is 24.3 Å². The SMILES string of the molecule is S=C1N[C@@H](c2ccccn2)[C@H](c2cccn2-c2ccccc2)N1CCN1CCOCC1. The number of aromatic nitrogens is 2. The van der Waals surface area contributed by atoms with Gasteiger partial charge in [-0.2, -0.15) is 0 Å². The number of ether oxygens (including phenoxy) is 1. The molecule has 0 amide bonds. The maximum atomic E-state index is 5.83. The van der Waals surface area contributed by atoms with E-state index in [1.54, 1.807) is 0 Å². The molecule has 0 unspecified atom stereocenters. The first-order valence-electron chi connectivity index (χ1n) is 10.8. The van der Waals surface area contributed by atoms with Gasteiger partial charge in [-0.3, -0.25) is 9.88 Å². The number of hydrogen-bond donors (Lipinski definition) is 1. The highest BCUT2D eigenvalue weighted by Gasteiger charge is 2.41. The number of nitrogens with zero attached hydrogens (tertiary/aromatic N) is 4. The summed E-state index contributed by atoms with van der Waals surface area (Å²) in [6.07, 6.45) is 3.98. The molecule has 2 fully saturated rings. The molecular formula is C24H27N5OS. The van der Waals surface area contributed by atoms with Crippen LogP contribution in [0.3, 0.4) is 0 Å². The number of benzene rings is 1. The van der Waals surface area contributed by atoms with Crippen molar-refractivity contribution in [2.45, 2.75) is 12.1 Å². The highest BCUT2D eigenvalue weighted by molar-refractivity contribution is 7.80. The third-order valence-electron chi connectivity index (χ3n) is 6.08. The third kappa shape index (κ3) is 4.21. The van der Waals surface area contributed by atoms with E-state index in [1.165, 1.54) is 5.69 Å². The predicted octanol–water partition coefficient (Wildman–Crippen LogP) is 3.18. The first kappa shape index (κ1) is 20.2. The summed E-state index contributed by atoms with van der Waals surface area (Å²) in [5, 5.41) is 4.35. The van der Waals surface area contributed by atoms with Crippen molar-refractivity contribution in [1.29, 1.82) is 0 Å². The summed E-state index contributed by atoms with van der Waals surface area (Å²) in [6.45, 7) is 5.38. The summed E-state index contributed by atoms with van der Waals surface area (Å²) in [7, 11) is 0. The highest BCUT2D eigenvalue weighted by Crippen LogP contribution is 2.39. The molecule has 6 nitrogen and oxygen atoms in total. The van der Waals surface area contributed by atoms with E-state index in [1.807, 2.05) is 24.4 Å². The predicted molar refractivity (Wildman–Crippen MR) is 125 cm³/mol. The Morgan fingerprint density at radius 1 is 0.968 bits per heavy atom. The molecule has 2 saturated heterocycles. The summed E-state index contributed by atoms with van der Waals surface area (Å²) in [5.74, 6) is 0. The van der Waals surface area contributed by atoms with Gasteiger partial charge in [0.25, 0.3) is 0 Å². The lowest BCUT2D eigenvalue weighted by Crippen LogP contribution is -2.42. The lowest BCUT2D eigenvalue weighted by Gasteiger charge is -2.32. The molecule has 1 N–H and O–H groups in total. The molecule has 0 aliphatic carbocycles. The quantitative estimate of drug-likeness (QED) is 0.603. The van der Waals surface area contributed by atoms with E-state index in [4.69, 9.17) is 17.0 Å². The smallest absolute Gasteiger partial charge is 0.170 e. The molecule has 2 aromatic heterocycles. The third-order valence-corrected chi connectivity index (χ3v) is 6.43. The normalized spacial score (nSPS) is 21.9. The minimum atomic E-state index is -0.00393. The molecule has 3 aromatic rings. The van der Waals surface area contributed by atoms with E-state index in [2.05, 4.69) is 73.3 Å². The van der Waals surface area contributed by atoms with E-state index < -0.39 is 0 Å². The van der Waals surface area contributed by atoms with Crippen molar-refractivity contribution in [3.63, 3.8) is 0 Å². The van der Waals surface area contributed by atoms with Gasteiger partial charge < -0.3 is 19.5 Å². The van der Waals surface area contributed by atoms with Gasteiger partial charge in [0, 0.05) is 50.0 Å². The van der Waals surface area contributed by atoms with Gasteiger partial charge in [0.05, 0.1) is 31.0 Å². The van der Waals surface area contributed by atoms with Crippen LogP contribution < -0.4 is 5.32 Å². The average Bonchev–Trinajstić information content (AvgIpc) is 3.44. The molecular weight excluding hydrogens is 406 g/mol. The molecule has 1 aromatic carbocycles. The molecule has 0 spiro atoms. The minimum Gasteiger partial charge on any atom is -0.379 e. The molecule has 5 rings (SSSR count). The molecule has 4 heterocycles. The van der Waals surface area contributed by atoms with Gasteiger partial charge in [-0.25, -0.2) is 0 Å². The zero-order valence-corrected chi connectivity index (χ0v) is 18.2. The summed E-state index contributed by atoms with van der Waals surface area (Å²) < 4.78 is 7.77. The van der Waals surface area contributed by atoms with Crippen molar-refractivity contribution in [3.8, 4) is 5.69 Å². The number of pyridine rings is 1. The zero-order valence-electron chi connectivity index (χ0n) is 17.4. The number of hydrogen-bond acceptors (Lipinski definition) is 4. The molecule has 160 valence electrons. The van der Waals surface area contributed by atoms with E-state index in [0.717, 1.165) is 55.9 Å². The lowest BCUT2D eigenvalue weighted by molar-refractivity contribution is 0.0349. The summed E-state index contributed by atoms with van der Waals surface area (Å²) in [4.78, 5) is 9.44. The van der Waals surface area contributed by atoms with E-state index in [9.17, 15) is 0 Å². The Labute approximate surface area is 188 Å². The average molecular weight is 434 g/mol. The molecule has 0 bridgehead atoms. The Morgan fingerprint density at radius 2 is 1.77 bits per heavy atom. The van der Waals surface area contributed by atoms with Crippen LogP contribution in [0.25, 0.3) is 5.69 Å². The topological polar surface area (TPSA) is 45.6 Å². The van der Waals surface area contributed by atoms with Crippen LogP contribution in [0.1, 0.15) is 23.5 Å². The highest BCUT2D eigenvalue weighted by atomic mass is 32.1. The van der Waals surface area contributed by atoms with E-state index in [-0.39, 0.29) is 12.1 Å². The van der Waals surface area contributed by atoms with Crippen LogP contribution in [-0.4, -0.2) is 63.9 Å². The van der Waals surface area contributed by atoms with Crippen LogP contribution in [0.15, 0.2) is 73.1 Å². The minimum absolute atomic E-state index is 0.00393. The molecule has 2 aliphatic rings. The van der Waals surface area contributed by atoms with Crippen molar-refractivity contribution >= 4 is 17.3 Å². The standard InChI is InChI=1S/C24H27N5OS/c31-24-26-22(20-9-4-5-11-25-20)23(29(24)14-13-27-15-17-30-18-16-27)21-10-6-12-28(21)19-7-2-1-3-8-19/h1-12,22-23H,13-18H2,(H,26,31)/t22-,23-/m0/s1. The Hall–Kier alpha value is -2.74. The van der Waals surface area contributed by atoms with E-state index in [0.29, 0.717) is 0 Å². The fourth-order valence-corrected chi connectivity index (χ4v) is 4.83. The second kappa shape index (κ2) is 9.18. The number of rotatable bonds is 6. The number of nitrogens with one attached hydrogen (secondary N) is 1. The monoisotopic (exact) mass is 433 g/mol. The molecule has 2 atom stereocenters. The maximum Gasteiger partial charge on any atom is 0.170 e. The van der Waals surface area contributed by atoms with Gasteiger partial charge >= 0.3 is 0 Å². The van der Waals surface area contributed by atoms with Crippen LogP contribution in [0.5, 0.6) is 0 Å². The Morgan fingerprint density at radius 3 is 2.55 bits per heavy atom. The lowest BCUT2D eigenvalue weighted by atomic mass is 10.0. The van der Waals surface area contributed by atoms with Crippen molar-refractivity contribution in [2.75, 3.05) is 39.4 Å². The molecule has 2 aliphatic heterocycles. The molecule has 7 heteroatoms. The van der Waals surface area contributed by atoms with Crippen molar-refractivity contribution in [1.82, 2.24) is 24.7 Å². The number of thiocarbonyl (C=S) groups is 1. The summed E-state index contributed by atoms with van der Waals surface area (Å²) in [5.41, 5.74) is 3.36. The Balaban J connectivity index is 1.49. The van der Waals surface area contributed by atoms with Gasteiger partial charge in [-0.05, 0) is 48.6 Å². The van der Waals surface area contributed by atoms with Crippen LogP contribution in [0.4, 0.5) is 0 Å². The molecule has 31 heavy (non-hydrogen) atoms. The van der Waals surface area contributed by atoms with E-state index >= 15 is 0 Å². The Kier molecular flexibility index (Phi) is 5.97. The van der Waals surface area contributed by atoms with Crippen LogP contribution in [0.2, 0.25) is 0 Å². The van der Waals surface area contributed by atoms with Gasteiger partial charge in [0.1, 0.15) is 0 Å². The molecule has 0 radical (unpaired) electrons. The second-order valence-corrected chi connectivity index (χ2v) is 8.30. The zero-order chi connectivity index (χ0) is 21.0. The first-order chi connectivity index (χ1) is 15.3. The summed E-state index contributed by atoms with van der Waals surface area (Å²) in [6, 6.07) is 20.9. The summed E-state index contributed by atoms with van der Waals surface area (Å²) >= 11 is 5.83. The number of morpholine rings is 1. The number of para-hydroxylation sites is 1. The van der Waals surface area contributed by atoms with Gasteiger partial charge in [0.15, 0.2) is 5.11 Å². The fraction of sp³-hybridized carbons (Fsp3) is 0.333. The van der Waals surface area contributed by atoms with Crippen LogP contribution in [0, 0.1) is 0 Å². The van der Waals surface area contributed by atoms with Crippen molar-refractivity contribution < 1.29 is 4.74 Å². The Bertz CT molecular complexity index is 1000. The fourth-order valence-electron chi connectivity index (χ4n) is 4.50. The van der Waals surface area contributed by atoms with Crippen LogP contribution >= 0.6 is 12.2 Å². The maximum absolute atomic E-state index is 5.83. The van der Waals surface area contributed by atoms with Crippen LogP contribution in [-0.2, 0) is 4.74 Å². The van der Waals surface area contributed by atoms with Crippen molar-refractivity contribution in [2.24, 2.45) is 0 Å². The van der Waals surface area contributed by atoms with Crippen molar-refractivity contribution in [3.05, 3.63) is 84.4 Å². The molecule has 0 saturated carbocycles. The largest absolute Gasteiger partial charge is 0.379 e. The van der Waals surface area contributed by atoms with Gasteiger partial charge in [-0.15, -0.1) is 0 Å².